The van der Waals surface area contributed by atoms with Gasteiger partial charge in [0, 0.05) is 68.6 Å². The zero-order valence-electron chi connectivity index (χ0n) is 20.3. The van der Waals surface area contributed by atoms with Crippen LogP contribution in [0.25, 0.3) is 0 Å². The molecule has 6 nitrogen and oxygen atoms in total. The van der Waals surface area contributed by atoms with Gasteiger partial charge < -0.3 is 9.80 Å². The lowest BCUT2D eigenvalue weighted by molar-refractivity contribution is -0.126. The average Bonchev–Trinajstić information content (AvgIpc) is 3.43. The summed E-state index contributed by atoms with van der Waals surface area (Å²) in [6, 6.07) is 20.0. The topological polar surface area (TPSA) is 56.8 Å². The van der Waals surface area contributed by atoms with E-state index in [-0.39, 0.29) is 17.7 Å². The van der Waals surface area contributed by atoms with Crippen molar-refractivity contribution in [1.82, 2.24) is 19.7 Å². The minimum absolute atomic E-state index is 0.0284. The fraction of sp³-hybridized carbons (Fsp3) is 0.345. The van der Waals surface area contributed by atoms with E-state index in [4.69, 9.17) is 4.98 Å². The molecule has 2 aliphatic rings. The third-order valence-electron chi connectivity index (χ3n) is 6.87. The van der Waals surface area contributed by atoms with Gasteiger partial charge in [0.1, 0.15) is 5.69 Å². The molecule has 1 aromatic heterocycles. The van der Waals surface area contributed by atoms with Gasteiger partial charge in [0.05, 0.1) is 5.01 Å². The molecule has 3 heterocycles. The van der Waals surface area contributed by atoms with Gasteiger partial charge >= 0.3 is 0 Å². The number of aromatic nitrogens is 1. The molecule has 2 fully saturated rings. The minimum atomic E-state index is -0.126. The highest BCUT2D eigenvalue weighted by atomic mass is 32.1. The van der Waals surface area contributed by atoms with Gasteiger partial charge in [-0.05, 0) is 30.5 Å². The van der Waals surface area contributed by atoms with Gasteiger partial charge in [0.2, 0.25) is 0 Å². The van der Waals surface area contributed by atoms with Crippen molar-refractivity contribution in [2.45, 2.75) is 25.3 Å². The molecule has 7 heteroatoms. The standard InChI is InChI=1S/C29H30N4O2S/c34-27(12-11-23-7-3-1-4-8-23)32-15-13-25(14-16-32)28-30-26(22-36-28)29(35)33-19-17-31(18-20-33)21-24-9-5-2-6-10-24/h1-10,22,25H,13-21H2. The van der Waals surface area contributed by atoms with E-state index in [0.29, 0.717) is 18.8 Å². The number of rotatable bonds is 4. The summed E-state index contributed by atoms with van der Waals surface area (Å²) in [5.74, 6) is 5.90. The monoisotopic (exact) mass is 498 g/mol. The SMILES string of the molecule is O=C(C#Cc1ccccc1)N1CCC(c2nc(C(=O)N3CCN(Cc4ccccc4)CC3)cs2)CC1. The Balaban J connectivity index is 1.10. The first-order valence-electron chi connectivity index (χ1n) is 12.5. The van der Waals surface area contributed by atoms with Crippen molar-refractivity contribution in [3.05, 3.63) is 87.9 Å². The van der Waals surface area contributed by atoms with Crippen molar-refractivity contribution in [1.29, 1.82) is 0 Å². The van der Waals surface area contributed by atoms with Gasteiger partial charge in [0.25, 0.3) is 11.8 Å². The summed E-state index contributed by atoms with van der Waals surface area (Å²) in [4.78, 5) is 36.4. The Hall–Kier alpha value is -3.47. The van der Waals surface area contributed by atoms with Crippen molar-refractivity contribution >= 4 is 23.2 Å². The van der Waals surface area contributed by atoms with Crippen molar-refractivity contribution in [3.8, 4) is 11.8 Å². The maximum atomic E-state index is 13.1. The highest BCUT2D eigenvalue weighted by molar-refractivity contribution is 7.09. The van der Waals surface area contributed by atoms with Crippen LogP contribution in [-0.2, 0) is 11.3 Å². The molecular formula is C29H30N4O2S. The highest BCUT2D eigenvalue weighted by Gasteiger charge is 2.28. The Bertz CT molecular complexity index is 1230. The van der Waals surface area contributed by atoms with Gasteiger partial charge in [-0.1, -0.05) is 54.5 Å². The largest absolute Gasteiger partial charge is 0.335 e. The summed E-state index contributed by atoms with van der Waals surface area (Å²) in [6.45, 7) is 5.45. The molecule has 0 bridgehead atoms. The molecule has 0 radical (unpaired) electrons. The van der Waals surface area contributed by atoms with Crippen LogP contribution in [0, 0.1) is 11.8 Å². The number of carbonyl (C=O) groups is 2. The molecule has 5 rings (SSSR count). The summed E-state index contributed by atoms with van der Waals surface area (Å²) in [6.07, 6.45) is 1.69. The van der Waals surface area contributed by atoms with Gasteiger partial charge in [-0.3, -0.25) is 14.5 Å². The Morgan fingerprint density at radius 3 is 2.22 bits per heavy atom. The molecule has 184 valence electrons. The number of benzene rings is 2. The first-order chi connectivity index (χ1) is 17.7. The van der Waals surface area contributed by atoms with E-state index in [1.165, 1.54) is 5.56 Å². The maximum absolute atomic E-state index is 13.1. The van der Waals surface area contributed by atoms with E-state index < -0.39 is 0 Å². The second-order valence-corrected chi connectivity index (χ2v) is 10.2. The van der Waals surface area contributed by atoms with Crippen LogP contribution in [0.3, 0.4) is 0 Å². The predicted molar refractivity (Wildman–Crippen MR) is 142 cm³/mol. The van der Waals surface area contributed by atoms with Crippen LogP contribution < -0.4 is 0 Å². The van der Waals surface area contributed by atoms with Crippen LogP contribution in [-0.4, -0.2) is 70.8 Å². The lowest BCUT2D eigenvalue weighted by atomic mass is 9.97. The van der Waals surface area contributed by atoms with Crippen molar-refractivity contribution in [3.63, 3.8) is 0 Å². The number of hydrogen-bond donors (Lipinski definition) is 0. The van der Waals surface area contributed by atoms with Crippen molar-refractivity contribution < 1.29 is 9.59 Å². The summed E-state index contributed by atoms with van der Waals surface area (Å²) < 4.78 is 0. The molecule has 0 atom stereocenters. The predicted octanol–water partition coefficient (Wildman–Crippen LogP) is 3.86. The van der Waals surface area contributed by atoms with E-state index in [0.717, 1.165) is 56.1 Å². The van der Waals surface area contributed by atoms with Crippen molar-refractivity contribution in [2.75, 3.05) is 39.3 Å². The van der Waals surface area contributed by atoms with E-state index in [2.05, 4.69) is 41.0 Å². The van der Waals surface area contributed by atoms with Crippen LogP contribution in [0.2, 0.25) is 0 Å². The third kappa shape index (κ3) is 6.01. The Kier molecular flexibility index (Phi) is 7.75. The van der Waals surface area contributed by atoms with Crippen LogP contribution in [0.15, 0.2) is 66.0 Å². The number of piperidine rings is 1. The molecule has 2 aromatic carbocycles. The van der Waals surface area contributed by atoms with Crippen LogP contribution in [0.5, 0.6) is 0 Å². The van der Waals surface area contributed by atoms with Gasteiger partial charge in [-0.15, -0.1) is 11.3 Å². The molecule has 0 saturated carbocycles. The Morgan fingerprint density at radius 2 is 1.53 bits per heavy atom. The van der Waals surface area contributed by atoms with Crippen LogP contribution in [0.4, 0.5) is 0 Å². The summed E-state index contributed by atoms with van der Waals surface area (Å²) in [7, 11) is 0. The number of thiazole rings is 1. The molecule has 2 aliphatic heterocycles. The van der Waals surface area contributed by atoms with E-state index in [9.17, 15) is 9.59 Å². The average molecular weight is 499 g/mol. The normalized spacial score (nSPS) is 16.9. The highest BCUT2D eigenvalue weighted by Crippen LogP contribution is 2.30. The molecule has 2 amide bonds. The summed E-state index contributed by atoms with van der Waals surface area (Å²) >= 11 is 1.57. The molecule has 2 saturated heterocycles. The summed E-state index contributed by atoms with van der Waals surface area (Å²) in [5.41, 5.74) is 2.70. The molecular weight excluding hydrogens is 468 g/mol. The van der Waals surface area contributed by atoms with Crippen molar-refractivity contribution in [2.24, 2.45) is 0 Å². The fourth-order valence-electron chi connectivity index (χ4n) is 4.74. The van der Waals surface area contributed by atoms with Gasteiger partial charge in [-0.2, -0.15) is 0 Å². The lowest BCUT2D eigenvalue weighted by Crippen LogP contribution is -2.48. The number of hydrogen-bond acceptors (Lipinski definition) is 5. The number of piperazine rings is 1. The lowest BCUT2D eigenvalue weighted by Gasteiger charge is -2.34. The number of likely N-dealkylation sites (tertiary alicyclic amines) is 1. The molecule has 0 N–H and O–H groups in total. The fourth-order valence-corrected chi connectivity index (χ4v) is 5.71. The van der Waals surface area contributed by atoms with Crippen LogP contribution >= 0.6 is 11.3 Å². The number of carbonyl (C=O) groups excluding carboxylic acids is 2. The van der Waals surface area contributed by atoms with Gasteiger partial charge in [0.15, 0.2) is 0 Å². The smallest absolute Gasteiger partial charge is 0.298 e. The Morgan fingerprint density at radius 1 is 0.861 bits per heavy atom. The second-order valence-electron chi connectivity index (χ2n) is 9.31. The first kappa shape index (κ1) is 24.2. The molecule has 36 heavy (non-hydrogen) atoms. The van der Waals surface area contributed by atoms with E-state index >= 15 is 0 Å². The third-order valence-corrected chi connectivity index (χ3v) is 7.88. The minimum Gasteiger partial charge on any atom is -0.335 e. The maximum Gasteiger partial charge on any atom is 0.298 e. The quantitative estimate of drug-likeness (QED) is 0.513. The number of amides is 2. The molecule has 0 unspecified atom stereocenters. The summed E-state index contributed by atoms with van der Waals surface area (Å²) in [5, 5.41) is 2.90. The molecule has 3 aromatic rings. The molecule has 0 aliphatic carbocycles. The second kappa shape index (κ2) is 11.5. The van der Waals surface area contributed by atoms with Gasteiger partial charge in [-0.25, -0.2) is 4.98 Å². The zero-order valence-corrected chi connectivity index (χ0v) is 21.1. The zero-order chi connectivity index (χ0) is 24.7. The van der Waals surface area contributed by atoms with Crippen LogP contribution in [0.1, 0.15) is 45.4 Å². The first-order valence-corrected chi connectivity index (χ1v) is 13.4. The Labute approximate surface area is 216 Å². The number of nitrogens with zero attached hydrogens (tertiary/aromatic N) is 4. The molecule has 0 spiro atoms. The van der Waals surface area contributed by atoms with E-state index in [1.54, 1.807) is 11.3 Å². The van der Waals surface area contributed by atoms with E-state index in [1.807, 2.05) is 51.6 Å².